The van der Waals surface area contributed by atoms with Gasteiger partial charge in [0.15, 0.2) is 0 Å². The Bertz CT molecular complexity index is 1600. The predicted octanol–water partition coefficient (Wildman–Crippen LogP) is 11.0. The number of amidine groups is 1. The molecule has 4 rings (SSSR count). The van der Waals surface area contributed by atoms with Crippen LogP contribution in [0.25, 0.3) is 0 Å². The standard InChI is InChI=1S/C35H50F2N4O2S2.C6H4ClF/c1-7-12-31(45-24(4)26-16-17-26)35(43,18-8-2)19-11-15-33(42)40-27-21-30-28(29(38-6)13-10-14-32(36)37)22-39-34(41(30)23-27)25(5)44-20-9-3;7-5-2-1-3-6(8)4-5/h9-10,12-13,20,26-27,32,43H,4-5,7-8,11,14-19,21-23H2,1-3,6H3,(H,40,42);1-4H/b13-10-,20-9-,31-12-,38-29?;. The molecule has 2 fully saturated rings. The number of nitrogens with zero attached hydrogens (tertiary/aromatic N) is 3. The SMILES string of the molecule is C=C(S/C=C\C)C1=NCC(C(/C=C\CC(F)F)=NC)=C2CC(NC(=O)CCCC(O)(CCC)/C(=C/CC)SC(=C)C3CC3)CN12.Fc1cccc(Cl)c1. The third-order valence-electron chi connectivity index (χ3n) is 8.83. The summed E-state index contributed by atoms with van der Waals surface area (Å²) in [6.07, 6.45) is 11.0. The summed E-state index contributed by atoms with van der Waals surface area (Å²) in [6.45, 7) is 15.5. The fourth-order valence-corrected chi connectivity index (χ4v) is 8.24. The number of allylic oxidation sites excluding steroid dienone is 5. The molecule has 1 aromatic carbocycles. The van der Waals surface area contributed by atoms with Crippen molar-refractivity contribution in [1.82, 2.24) is 10.2 Å². The average molecular weight is 791 g/mol. The van der Waals surface area contributed by atoms with Gasteiger partial charge in [0.2, 0.25) is 12.3 Å². The number of alkyl halides is 2. The van der Waals surface area contributed by atoms with Crippen LogP contribution in [0.5, 0.6) is 0 Å². The van der Waals surface area contributed by atoms with E-state index < -0.39 is 12.0 Å². The summed E-state index contributed by atoms with van der Waals surface area (Å²) in [5, 5.41) is 17.4. The molecule has 1 saturated carbocycles. The molecule has 2 aliphatic heterocycles. The van der Waals surface area contributed by atoms with Gasteiger partial charge in [0, 0.05) is 59.0 Å². The fourth-order valence-electron chi connectivity index (χ4n) is 6.16. The quantitative estimate of drug-likeness (QED) is 0.137. The molecule has 1 aliphatic carbocycles. The lowest BCUT2D eigenvalue weighted by Crippen LogP contribution is -2.39. The van der Waals surface area contributed by atoms with E-state index in [1.54, 1.807) is 37.0 Å². The highest BCUT2D eigenvalue weighted by Gasteiger charge is 2.37. The number of hydrogen-bond acceptors (Lipinski definition) is 7. The van der Waals surface area contributed by atoms with E-state index in [4.69, 9.17) is 16.6 Å². The van der Waals surface area contributed by atoms with E-state index in [0.29, 0.717) is 61.8 Å². The lowest BCUT2D eigenvalue weighted by Gasteiger charge is -2.31. The fraction of sp³-hybridized carbons (Fsp3) is 0.488. The number of carbonyl (C=O) groups is 1. The summed E-state index contributed by atoms with van der Waals surface area (Å²) in [6, 6.07) is 5.66. The smallest absolute Gasteiger partial charge is 0.242 e. The van der Waals surface area contributed by atoms with Gasteiger partial charge in [-0.1, -0.05) is 92.8 Å². The van der Waals surface area contributed by atoms with Gasteiger partial charge in [0.05, 0.1) is 23.9 Å². The Morgan fingerprint density at radius 3 is 2.60 bits per heavy atom. The van der Waals surface area contributed by atoms with Gasteiger partial charge in [-0.15, -0.1) is 0 Å². The molecule has 1 amide bonds. The number of hydrogen-bond donors (Lipinski definition) is 2. The normalized spacial score (nSPS) is 18.9. The molecular formula is C41H54ClF3N4O2S2. The number of nitrogens with one attached hydrogen (secondary N) is 1. The molecule has 53 heavy (non-hydrogen) atoms. The van der Waals surface area contributed by atoms with Gasteiger partial charge in [-0.3, -0.25) is 14.8 Å². The molecular weight excluding hydrogens is 737 g/mol. The minimum Gasteiger partial charge on any atom is -0.385 e. The third-order valence-corrected chi connectivity index (χ3v) is 11.3. The summed E-state index contributed by atoms with van der Waals surface area (Å²) in [4.78, 5) is 27.4. The van der Waals surface area contributed by atoms with Crippen LogP contribution in [0.4, 0.5) is 13.2 Å². The number of carbonyl (C=O) groups excluding carboxylic acids is 1. The highest BCUT2D eigenvalue weighted by molar-refractivity contribution is 8.07. The van der Waals surface area contributed by atoms with Crippen LogP contribution < -0.4 is 5.32 Å². The maximum absolute atomic E-state index is 13.2. The van der Waals surface area contributed by atoms with Gasteiger partial charge in [0.1, 0.15) is 11.7 Å². The minimum atomic E-state index is -2.42. The molecule has 2 N–H and O–H groups in total. The van der Waals surface area contributed by atoms with E-state index in [1.807, 2.05) is 18.4 Å². The highest BCUT2D eigenvalue weighted by atomic mass is 35.5. The van der Waals surface area contributed by atoms with Crippen molar-refractivity contribution in [3.8, 4) is 0 Å². The van der Waals surface area contributed by atoms with Gasteiger partial charge in [0.25, 0.3) is 0 Å². The zero-order valence-corrected chi connectivity index (χ0v) is 33.7. The van der Waals surface area contributed by atoms with Crippen molar-refractivity contribution in [2.75, 3.05) is 20.1 Å². The van der Waals surface area contributed by atoms with Gasteiger partial charge >= 0.3 is 0 Å². The van der Waals surface area contributed by atoms with Crippen molar-refractivity contribution in [3.63, 3.8) is 0 Å². The van der Waals surface area contributed by atoms with Crippen molar-refractivity contribution >= 4 is 52.6 Å². The van der Waals surface area contributed by atoms with Gasteiger partial charge in [-0.05, 0) is 86.0 Å². The first-order chi connectivity index (χ1) is 25.3. The number of aliphatic hydroxyl groups is 1. The van der Waals surface area contributed by atoms with Crippen LogP contribution in [-0.4, -0.2) is 65.7 Å². The zero-order valence-electron chi connectivity index (χ0n) is 31.4. The lowest BCUT2D eigenvalue weighted by molar-refractivity contribution is -0.122. The second-order valence-electron chi connectivity index (χ2n) is 13.2. The molecule has 1 saturated heterocycles. The Labute approximate surface area is 327 Å². The van der Waals surface area contributed by atoms with Crippen molar-refractivity contribution < 1.29 is 23.1 Å². The first-order valence-electron chi connectivity index (χ1n) is 18.3. The number of benzene rings is 1. The summed E-state index contributed by atoms with van der Waals surface area (Å²) >= 11 is 8.53. The molecule has 2 atom stereocenters. The molecule has 2 unspecified atom stereocenters. The Kier molecular flexibility index (Phi) is 18.8. The molecule has 6 nitrogen and oxygen atoms in total. The summed E-state index contributed by atoms with van der Waals surface area (Å²) < 4.78 is 37.7. The van der Waals surface area contributed by atoms with Crippen molar-refractivity contribution in [3.05, 3.63) is 104 Å². The van der Waals surface area contributed by atoms with Gasteiger partial charge in [-0.2, -0.15) is 0 Å². The van der Waals surface area contributed by atoms with Crippen LogP contribution in [0.3, 0.4) is 0 Å². The number of amides is 1. The number of halogens is 4. The molecule has 0 radical (unpaired) electrons. The average Bonchev–Trinajstić information content (AvgIpc) is 3.88. The van der Waals surface area contributed by atoms with Crippen molar-refractivity contribution in [2.45, 2.75) is 103 Å². The van der Waals surface area contributed by atoms with E-state index in [9.17, 15) is 23.1 Å². The van der Waals surface area contributed by atoms with E-state index in [2.05, 4.69) is 48.3 Å². The van der Waals surface area contributed by atoms with Gasteiger partial charge in [-0.25, -0.2) is 13.2 Å². The summed E-state index contributed by atoms with van der Waals surface area (Å²) in [5.41, 5.74) is 1.50. The van der Waals surface area contributed by atoms with Crippen LogP contribution >= 0.6 is 35.1 Å². The minimum absolute atomic E-state index is 0.0567. The maximum atomic E-state index is 13.2. The summed E-state index contributed by atoms with van der Waals surface area (Å²) in [5.74, 6) is 0.952. The largest absolute Gasteiger partial charge is 0.385 e. The van der Waals surface area contributed by atoms with Crippen molar-refractivity contribution in [2.24, 2.45) is 15.9 Å². The Balaban J connectivity index is 0.000000832. The van der Waals surface area contributed by atoms with Crippen molar-refractivity contribution in [1.29, 1.82) is 0 Å². The summed E-state index contributed by atoms with van der Waals surface area (Å²) in [7, 11) is 1.65. The van der Waals surface area contributed by atoms with Crippen LogP contribution in [0.15, 0.2) is 103 Å². The Morgan fingerprint density at radius 1 is 1.26 bits per heavy atom. The maximum Gasteiger partial charge on any atom is 0.242 e. The number of rotatable bonds is 19. The van der Waals surface area contributed by atoms with Crippen LogP contribution in [0.1, 0.15) is 85.0 Å². The second kappa shape index (κ2) is 22.4. The molecule has 290 valence electrons. The molecule has 2 heterocycles. The van der Waals surface area contributed by atoms with Crippen LogP contribution in [0, 0.1) is 11.7 Å². The topological polar surface area (TPSA) is 77.3 Å². The van der Waals surface area contributed by atoms with Gasteiger partial charge < -0.3 is 15.3 Å². The molecule has 3 aliphatic rings. The number of fused-ring (bicyclic) bond motifs is 1. The van der Waals surface area contributed by atoms with Crippen LogP contribution in [0.2, 0.25) is 5.02 Å². The number of aliphatic imine (C=N–C) groups is 2. The molecule has 0 aromatic heterocycles. The predicted molar refractivity (Wildman–Crippen MR) is 220 cm³/mol. The molecule has 12 heteroatoms. The highest BCUT2D eigenvalue weighted by Crippen LogP contribution is 2.48. The van der Waals surface area contributed by atoms with E-state index in [0.717, 1.165) is 44.7 Å². The lowest BCUT2D eigenvalue weighted by atomic mass is 9.90. The monoisotopic (exact) mass is 790 g/mol. The first kappa shape index (κ1) is 44.4. The van der Waals surface area contributed by atoms with Crippen LogP contribution in [-0.2, 0) is 4.79 Å². The first-order valence-corrected chi connectivity index (χ1v) is 20.4. The Hall–Kier alpha value is -2.99. The third kappa shape index (κ3) is 14.3. The van der Waals surface area contributed by atoms with E-state index in [-0.39, 0.29) is 24.2 Å². The second-order valence-corrected chi connectivity index (χ2v) is 15.8. The van der Waals surface area contributed by atoms with E-state index >= 15 is 0 Å². The molecule has 0 bridgehead atoms. The molecule has 0 spiro atoms. The Morgan fingerprint density at radius 2 is 2.02 bits per heavy atom. The molecule has 1 aromatic rings. The zero-order chi connectivity index (χ0) is 39.0. The number of thioether (sulfide) groups is 2. The van der Waals surface area contributed by atoms with E-state index in [1.165, 1.54) is 42.8 Å².